The largest absolute Gasteiger partial charge is 0.446 e. The summed E-state index contributed by atoms with van der Waals surface area (Å²) in [6.07, 6.45) is 14.5. The number of alkyl carbamates (subject to hydrolysis) is 1. The topological polar surface area (TPSA) is 114 Å². The number of benzene rings is 1. The molecule has 3 saturated carbocycles. The molecule has 8 nitrogen and oxygen atoms in total. The van der Waals surface area contributed by atoms with Gasteiger partial charge in [0.1, 0.15) is 18.4 Å². The van der Waals surface area contributed by atoms with E-state index in [0.717, 1.165) is 88.9 Å². The van der Waals surface area contributed by atoms with Crippen LogP contribution >= 0.6 is 11.6 Å². The van der Waals surface area contributed by atoms with Gasteiger partial charge in [-0.05, 0) is 81.4 Å². The van der Waals surface area contributed by atoms with Crippen molar-refractivity contribution >= 4 is 35.8 Å². The summed E-state index contributed by atoms with van der Waals surface area (Å²) in [7, 11) is 0. The highest BCUT2D eigenvalue weighted by molar-refractivity contribution is 6.30. The minimum Gasteiger partial charge on any atom is -0.446 e. The molecule has 3 aliphatic carbocycles. The Morgan fingerprint density at radius 3 is 2.55 bits per heavy atom. The molecule has 4 fully saturated rings. The van der Waals surface area contributed by atoms with Gasteiger partial charge in [-0.1, -0.05) is 68.7 Å². The average Bonchev–Trinajstić information content (AvgIpc) is 3.69. The van der Waals surface area contributed by atoms with E-state index in [1.54, 1.807) is 0 Å². The van der Waals surface area contributed by atoms with Gasteiger partial charge in [0.25, 0.3) is 0 Å². The van der Waals surface area contributed by atoms with Gasteiger partial charge in [-0.3, -0.25) is 9.59 Å². The summed E-state index contributed by atoms with van der Waals surface area (Å²) in [6, 6.07) is 6.19. The van der Waals surface area contributed by atoms with Crippen LogP contribution < -0.4 is 16.0 Å². The summed E-state index contributed by atoms with van der Waals surface area (Å²) >= 11 is 6.17. The maximum atomic E-state index is 13.5. The average molecular weight is 600 g/mol. The highest BCUT2D eigenvalue weighted by atomic mass is 35.5. The van der Waals surface area contributed by atoms with E-state index in [1.165, 1.54) is 6.42 Å². The molecule has 230 valence electrons. The molecular weight excluding hydrogens is 554 g/mol. The van der Waals surface area contributed by atoms with Crippen molar-refractivity contribution in [3.63, 3.8) is 0 Å². The zero-order chi connectivity index (χ0) is 29.5. The van der Waals surface area contributed by atoms with Gasteiger partial charge in [-0.2, -0.15) is 0 Å². The van der Waals surface area contributed by atoms with Crippen molar-refractivity contribution in [2.45, 2.75) is 126 Å². The summed E-state index contributed by atoms with van der Waals surface area (Å²) in [6.45, 7) is 0. The highest BCUT2D eigenvalue weighted by Gasteiger charge is 2.46. The van der Waals surface area contributed by atoms with E-state index in [2.05, 4.69) is 16.0 Å². The molecule has 1 heterocycles. The van der Waals surface area contributed by atoms with Crippen molar-refractivity contribution < 1.29 is 23.9 Å². The normalized spacial score (nSPS) is 26.9. The number of hydrogen-bond acceptors (Lipinski definition) is 5. The van der Waals surface area contributed by atoms with Crippen LogP contribution in [0.25, 0.3) is 0 Å². The Morgan fingerprint density at radius 2 is 1.81 bits per heavy atom. The van der Waals surface area contributed by atoms with Gasteiger partial charge in [0.05, 0.1) is 6.04 Å². The first-order valence-corrected chi connectivity index (χ1v) is 16.5. The lowest BCUT2D eigenvalue weighted by atomic mass is 9.84. The summed E-state index contributed by atoms with van der Waals surface area (Å²) in [5.41, 5.74) is 0.978. The molecule has 0 radical (unpaired) electrons. The molecule has 1 aliphatic heterocycles. The number of halogens is 1. The van der Waals surface area contributed by atoms with Crippen molar-refractivity contribution in [1.29, 1.82) is 0 Å². The molecule has 0 aromatic heterocycles. The number of carbonyl (C=O) groups is 4. The second-order valence-electron chi connectivity index (χ2n) is 13.3. The zero-order valence-corrected chi connectivity index (χ0v) is 25.3. The lowest BCUT2D eigenvalue weighted by Gasteiger charge is -2.28. The van der Waals surface area contributed by atoms with Gasteiger partial charge in [-0.25, -0.2) is 4.79 Å². The maximum absolute atomic E-state index is 13.5. The standard InChI is InChI=1S/C33H46ClN3O5/c34-26-12-6-10-23(17-26)16-24-11-7-13-29(24)42-32(41)36-28(18-22-8-2-1-3-9-22)31(40)35-27(21-38)19-25-20-33(37-30(25)39)14-4-5-15-33/h6,10,12,17,21-22,24-25,27-29H,1-5,7-9,11,13-16,18-20H2,(H,35,40)(H,36,41)(H,37,39)/t24?,25?,27-,28-,29?/m0/s1. The first kappa shape index (κ1) is 30.8. The van der Waals surface area contributed by atoms with Crippen LogP contribution in [0, 0.1) is 17.8 Å². The zero-order valence-electron chi connectivity index (χ0n) is 24.6. The fourth-order valence-corrected chi connectivity index (χ4v) is 8.16. The Hall–Kier alpha value is -2.61. The number of carbonyl (C=O) groups excluding carboxylic acids is 4. The summed E-state index contributed by atoms with van der Waals surface area (Å²) < 4.78 is 5.92. The van der Waals surface area contributed by atoms with Crippen LogP contribution in [-0.4, -0.2) is 47.9 Å². The van der Waals surface area contributed by atoms with E-state index < -0.39 is 18.2 Å². The number of amides is 3. The molecule has 9 heteroatoms. The third-order valence-electron chi connectivity index (χ3n) is 10.1. The van der Waals surface area contributed by atoms with Gasteiger partial charge in [-0.15, -0.1) is 0 Å². The third kappa shape index (κ3) is 8.06. The predicted octanol–water partition coefficient (Wildman–Crippen LogP) is 5.64. The molecule has 3 unspecified atom stereocenters. The number of hydrogen-bond donors (Lipinski definition) is 3. The second-order valence-corrected chi connectivity index (χ2v) is 13.7. The number of nitrogens with one attached hydrogen (secondary N) is 3. The van der Waals surface area contributed by atoms with Crippen molar-refractivity contribution in [2.24, 2.45) is 17.8 Å². The Bertz CT molecular complexity index is 1120. The lowest BCUT2D eigenvalue weighted by Crippen LogP contribution is -2.52. The smallest absolute Gasteiger partial charge is 0.408 e. The maximum Gasteiger partial charge on any atom is 0.408 e. The van der Waals surface area contributed by atoms with Crippen LogP contribution in [-0.2, 0) is 25.5 Å². The minimum atomic E-state index is -0.797. The molecular formula is C33H46ClN3O5. The molecule has 3 N–H and O–H groups in total. The van der Waals surface area contributed by atoms with Crippen LogP contribution in [0.4, 0.5) is 4.79 Å². The molecule has 1 aromatic carbocycles. The van der Waals surface area contributed by atoms with E-state index in [0.29, 0.717) is 23.8 Å². The van der Waals surface area contributed by atoms with E-state index >= 15 is 0 Å². The van der Waals surface area contributed by atoms with Gasteiger partial charge in [0, 0.05) is 22.4 Å². The SMILES string of the molecule is O=C[C@H](CC1CC2(CCCC2)NC1=O)NC(=O)[C@H](CC1CCCCC1)NC(=O)OC1CCCC1Cc1cccc(Cl)c1. The summed E-state index contributed by atoms with van der Waals surface area (Å²) in [5.74, 6) is -0.186. The molecule has 5 atom stereocenters. The van der Waals surface area contributed by atoms with Crippen molar-refractivity contribution in [3.05, 3.63) is 34.9 Å². The van der Waals surface area contributed by atoms with Crippen molar-refractivity contribution in [1.82, 2.24) is 16.0 Å². The predicted molar refractivity (Wildman–Crippen MR) is 161 cm³/mol. The van der Waals surface area contributed by atoms with Crippen LogP contribution in [0.15, 0.2) is 24.3 Å². The van der Waals surface area contributed by atoms with Crippen LogP contribution in [0.1, 0.15) is 102 Å². The van der Waals surface area contributed by atoms with Crippen LogP contribution in [0.3, 0.4) is 0 Å². The first-order valence-electron chi connectivity index (χ1n) is 16.1. The van der Waals surface area contributed by atoms with Crippen LogP contribution in [0.5, 0.6) is 0 Å². The van der Waals surface area contributed by atoms with E-state index in [4.69, 9.17) is 16.3 Å². The lowest BCUT2D eigenvalue weighted by molar-refractivity contribution is -0.127. The highest BCUT2D eigenvalue weighted by Crippen LogP contribution is 2.40. The van der Waals surface area contributed by atoms with Gasteiger partial charge >= 0.3 is 6.09 Å². The summed E-state index contributed by atoms with van der Waals surface area (Å²) in [4.78, 5) is 51.5. The first-order chi connectivity index (χ1) is 20.3. The Kier molecular flexibility index (Phi) is 10.5. The van der Waals surface area contributed by atoms with Crippen molar-refractivity contribution in [2.75, 3.05) is 0 Å². The van der Waals surface area contributed by atoms with E-state index in [1.807, 2.05) is 24.3 Å². The molecule has 1 saturated heterocycles. The van der Waals surface area contributed by atoms with Crippen molar-refractivity contribution in [3.8, 4) is 0 Å². The molecule has 4 aliphatic rings. The molecule has 5 rings (SSSR count). The number of ether oxygens (including phenoxy) is 1. The molecule has 3 amide bonds. The third-order valence-corrected chi connectivity index (χ3v) is 10.4. The quantitative estimate of drug-likeness (QED) is 0.285. The monoisotopic (exact) mass is 599 g/mol. The number of rotatable bonds is 11. The Morgan fingerprint density at radius 1 is 1.02 bits per heavy atom. The van der Waals surface area contributed by atoms with Crippen LogP contribution in [0.2, 0.25) is 5.02 Å². The van der Waals surface area contributed by atoms with Gasteiger partial charge in [0.15, 0.2) is 0 Å². The van der Waals surface area contributed by atoms with E-state index in [-0.39, 0.29) is 41.7 Å². The van der Waals surface area contributed by atoms with Gasteiger partial charge in [0.2, 0.25) is 11.8 Å². The Balaban J connectivity index is 1.19. The minimum absolute atomic E-state index is 0.0256. The molecule has 0 bridgehead atoms. The Labute approximate surface area is 254 Å². The molecule has 1 spiro atoms. The second kappa shape index (κ2) is 14.2. The summed E-state index contributed by atoms with van der Waals surface area (Å²) in [5, 5.41) is 9.59. The number of aldehydes is 1. The van der Waals surface area contributed by atoms with Gasteiger partial charge < -0.3 is 25.5 Å². The fourth-order valence-electron chi connectivity index (χ4n) is 7.95. The van der Waals surface area contributed by atoms with E-state index in [9.17, 15) is 19.2 Å². The molecule has 42 heavy (non-hydrogen) atoms. The molecule has 1 aromatic rings. The fraction of sp³-hybridized carbons (Fsp3) is 0.697.